The highest BCUT2D eigenvalue weighted by Crippen LogP contribution is 2.30. The molecule has 1 aliphatic rings. The molecule has 140 valence electrons. The molecule has 0 saturated carbocycles. The number of carbonyl (C=O) groups excluding carboxylic acids is 1. The summed E-state index contributed by atoms with van der Waals surface area (Å²) < 4.78 is 23.3. The molecule has 4 N–H and O–H groups in total. The van der Waals surface area contributed by atoms with Gasteiger partial charge in [-0.05, 0) is 42.5 Å². The first-order valence-electron chi connectivity index (χ1n) is 7.53. The van der Waals surface area contributed by atoms with E-state index in [4.69, 9.17) is 29.0 Å². The van der Waals surface area contributed by atoms with E-state index < -0.39 is 10.0 Å². The van der Waals surface area contributed by atoms with Gasteiger partial charge in [0.05, 0.1) is 11.4 Å². The van der Waals surface area contributed by atoms with Gasteiger partial charge in [-0.2, -0.15) is 5.10 Å². The summed E-state index contributed by atoms with van der Waals surface area (Å²) in [7, 11) is -2.32. The number of likely N-dealkylation sites (N-methyl/N-ethyl adjacent to an activating group) is 1. The van der Waals surface area contributed by atoms with Crippen LogP contribution in [0.2, 0.25) is 5.02 Å². The lowest BCUT2D eigenvalue weighted by atomic mass is 10.1. The number of hydrazone groups is 1. The molecule has 0 atom stereocenters. The minimum atomic E-state index is -3.93. The third-order valence-corrected chi connectivity index (χ3v) is 5.19. The first kappa shape index (κ1) is 19.2. The van der Waals surface area contributed by atoms with Gasteiger partial charge in [-0.15, -0.1) is 0 Å². The van der Waals surface area contributed by atoms with Crippen LogP contribution in [0, 0.1) is 0 Å². The van der Waals surface area contributed by atoms with E-state index in [0.29, 0.717) is 16.3 Å². The number of nitrogens with one attached hydrogen (secondary N) is 2. The molecule has 8 nitrogen and oxygen atoms in total. The zero-order valence-electron chi connectivity index (χ0n) is 13.9. The van der Waals surface area contributed by atoms with Gasteiger partial charge in [0.15, 0.2) is 10.8 Å². The SMILES string of the molecule is CN1C(=O)C(=NNC(=S)Nc2ccccc2S(N)(=O)=O)c2ccc(Cl)cc21. The molecule has 0 aliphatic carbocycles. The highest BCUT2D eigenvalue weighted by Gasteiger charge is 2.31. The molecule has 2 aromatic carbocycles. The Kier molecular flexibility index (Phi) is 5.16. The van der Waals surface area contributed by atoms with Gasteiger partial charge >= 0.3 is 0 Å². The largest absolute Gasteiger partial charge is 0.330 e. The number of nitrogens with two attached hydrogens (primary N) is 1. The smallest absolute Gasteiger partial charge is 0.279 e. The van der Waals surface area contributed by atoms with E-state index in [0.717, 1.165) is 0 Å². The molecule has 0 spiro atoms. The van der Waals surface area contributed by atoms with Crippen LogP contribution in [0.15, 0.2) is 52.5 Å². The van der Waals surface area contributed by atoms with Crippen LogP contribution in [0.5, 0.6) is 0 Å². The molecule has 2 aromatic rings. The summed E-state index contributed by atoms with van der Waals surface area (Å²) in [6.07, 6.45) is 0. The number of carbonyl (C=O) groups is 1. The lowest BCUT2D eigenvalue weighted by Gasteiger charge is -2.11. The van der Waals surface area contributed by atoms with Crippen LogP contribution >= 0.6 is 23.8 Å². The number of fused-ring (bicyclic) bond motifs is 1. The normalized spacial score (nSPS) is 15.0. The van der Waals surface area contributed by atoms with Crippen LogP contribution in [0.3, 0.4) is 0 Å². The number of hydrogen-bond acceptors (Lipinski definition) is 5. The molecule has 1 amide bonds. The second-order valence-electron chi connectivity index (χ2n) is 5.59. The van der Waals surface area contributed by atoms with Crippen molar-refractivity contribution in [1.82, 2.24) is 5.43 Å². The van der Waals surface area contributed by atoms with Gasteiger partial charge in [0.2, 0.25) is 10.0 Å². The number of anilines is 2. The minimum Gasteiger partial charge on any atom is -0.330 e. The molecular formula is C16H14ClN5O3S2. The first-order chi connectivity index (χ1) is 12.7. The molecule has 1 aliphatic heterocycles. The predicted octanol–water partition coefficient (Wildman–Crippen LogP) is 1.65. The average molecular weight is 424 g/mol. The molecule has 0 bridgehead atoms. The summed E-state index contributed by atoms with van der Waals surface area (Å²) in [5.74, 6) is -0.326. The Hall–Kier alpha value is -2.53. The Morgan fingerprint density at radius 3 is 2.67 bits per heavy atom. The molecule has 1 heterocycles. The third-order valence-electron chi connectivity index (χ3n) is 3.79. The molecule has 11 heteroatoms. The van der Waals surface area contributed by atoms with E-state index >= 15 is 0 Å². The number of benzene rings is 2. The third kappa shape index (κ3) is 3.93. The van der Waals surface area contributed by atoms with Crippen molar-refractivity contribution in [3.63, 3.8) is 0 Å². The van der Waals surface area contributed by atoms with E-state index in [1.807, 2.05) is 0 Å². The van der Waals surface area contributed by atoms with Crippen LogP contribution in [-0.2, 0) is 14.8 Å². The lowest BCUT2D eigenvalue weighted by Crippen LogP contribution is -2.30. The van der Waals surface area contributed by atoms with Crippen molar-refractivity contribution in [2.24, 2.45) is 10.2 Å². The van der Waals surface area contributed by atoms with E-state index in [1.165, 1.54) is 23.1 Å². The Bertz CT molecular complexity index is 1090. The fourth-order valence-corrected chi connectivity index (χ4v) is 3.56. The number of primary sulfonamides is 1. The highest BCUT2D eigenvalue weighted by molar-refractivity contribution is 7.89. The van der Waals surface area contributed by atoms with Gasteiger partial charge in [0, 0.05) is 17.6 Å². The summed E-state index contributed by atoms with van der Waals surface area (Å²) in [5, 5.41) is 12.5. The van der Waals surface area contributed by atoms with Gasteiger partial charge in [-0.3, -0.25) is 10.2 Å². The Morgan fingerprint density at radius 2 is 1.96 bits per heavy atom. The maximum atomic E-state index is 12.4. The number of hydrogen-bond donors (Lipinski definition) is 3. The number of para-hydroxylation sites is 1. The summed E-state index contributed by atoms with van der Waals surface area (Å²) in [6.45, 7) is 0. The predicted molar refractivity (Wildman–Crippen MR) is 109 cm³/mol. The van der Waals surface area contributed by atoms with Crippen LogP contribution in [-0.4, -0.2) is 32.2 Å². The molecule has 0 aromatic heterocycles. The topological polar surface area (TPSA) is 117 Å². The van der Waals surface area contributed by atoms with E-state index in [-0.39, 0.29) is 27.3 Å². The monoisotopic (exact) mass is 423 g/mol. The number of nitrogens with zero attached hydrogens (tertiary/aromatic N) is 2. The molecule has 0 unspecified atom stereocenters. The molecule has 0 radical (unpaired) electrons. The van der Waals surface area contributed by atoms with Gasteiger partial charge < -0.3 is 10.2 Å². The van der Waals surface area contributed by atoms with Crippen molar-refractivity contribution in [1.29, 1.82) is 0 Å². The lowest BCUT2D eigenvalue weighted by molar-refractivity contribution is -0.111. The van der Waals surface area contributed by atoms with Crippen molar-refractivity contribution >= 4 is 61.9 Å². The number of amides is 1. The zero-order chi connectivity index (χ0) is 19.8. The van der Waals surface area contributed by atoms with Crippen LogP contribution < -0.4 is 20.8 Å². The van der Waals surface area contributed by atoms with E-state index in [9.17, 15) is 13.2 Å². The van der Waals surface area contributed by atoms with Gasteiger partial charge in [-0.25, -0.2) is 13.6 Å². The Labute approximate surface area is 166 Å². The standard InChI is InChI=1S/C16H14ClN5O3S2/c1-22-12-8-9(17)6-7-10(12)14(15(22)23)20-21-16(26)19-11-4-2-3-5-13(11)27(18,24)25/h2-8H,1H3,(H2,18,24,25)(H2,19,21,26). The van der Waals surface area contributed by atoms with Crippen molar-refractivity contribution in [3.05, 3.63) is 53.1 Å². The molecule has 3 rings (SSSR count). The Morgan fingerprint density at radius 1 is 1.26 bits per heavy atom. The van der Waals surface area contributed by atoms with Crippen molar-refractivity contribution in [2.45, 2.75) is 4.90 Å². The summed E-state index contributed by atoms with van der Waals surface area (Å²) in [5.41, 5.74) is 4.14. The fourth-order valence-electron chi connectivity index (χ4n) is 2.55. The second kappa shape index (κ2) is 7.24. The van der Waals surface area contributed by atoms with Crippen LogP contribution in [0.1, 0.15) is 5.56 Å². The maximum absolute atomic E-state index is 12.4. The first-order valence-corrected chi connectivity index (χ1v) is 9.86. The van der Waals surface area contributed by atoms with Gasteiger partial charge in [-0.1, -0.05) is 23.7 Å². The molecular weight excluding hydrogens is 410 g/mol. The quantitative estimate of drug-likeness (QED) is 0.510. The van der Waals surface area contributed by atoms with Gasteiger partial charge in [0.25, 0.3) is 5.91 Å². The van der Waals surface area contributed by atoms with Gasteiger partial charge in [0.1, 0.15) is 4.90 Å². The highest BCUT2D eigenvalue weighted by atomic mass is 35.5. The number of rotatable bonds is 3. The molecule has 0 saturated heterocycles. The Balaban J connectivity index is 1.82. The van der Waals surface area contributed by atoms with Crippen LogP contribution in [0.4, 0.5) is 11.4 Å². The average Bonchev–Trinajstić information content (AvgIpc) is 2.83. The molecule has 0 fully saturated rings. The van der Waals surface area contributed by atoms with Crippen LogP contribution in [0.25, 0.3) is 0 Å². The summed E-state index contributed by atoms with van der Waals surface area (Å²) in [4.78, 5) is 13.7. The fraction of sp³-hybridized carbons (Fsp3) is 0.0625. The summed E-state index contributed by atoms with van der Waals surface area (Å²) in [6, 6.07) is 11.0. The number of sulfonamides is 1. The number of halogens is 1. The van der Waals surface area contributed by atoms with Crippen molar-refractivity contribution < 1.29 is 13.2 Å². The van der Waals surface area contributed by atoms with E-state index in [1.54, 1.807) is 31.3 Å². The van der Waals surface area contributed by atoms with Crippen molar-refractivity contribution in [2.75, 3.05) is 17.3 Å². The zero-order valence-corrected chi connectivity index (χ0v) is 16.3. The molecule has 27 heavy (non-hydrogen) atoms. The van der Waals surface area contributed by atoms with E-state index in [2.05, 4.69) is 15.8 Å². The second-order valence-corrected chi connectivity index (χ2v) is 7.97. The minimum absolute atomic E-state index is 0.00327. The van der Waals surface area contributed by atoms with Crippen molar-refractivity contribution in [3.8, 4) is 0 Å². The summed E-state index contributed by atoms with van der Waals surface area (Å²) >= 11 is 11.1. The number of thiocarbonyl (C=S) groups is 1. The maximum Gasteiger partial charge on any atom is 0.279 e.